The Balaban J connectivity index is 1.99. The van der Waals surface area contributed by atoms with Crippen LogP contribution in [0, 0.1) is 5.92 Å². The van der Waals surface area contributed by atoms with Gasteiger partial charge in [0.2, 0.25) is 5.91 Å². The maximum absolute atomic E-state index is 12.1. The number of rotatable bonds is 5. The smallest absolute Gasteiger partial charge is 0.264 e. The first-order valence-electron chi connectivity index (χ1n) is 6.67. The first kappa shape index (κ1) is 15.2. The Hall–Kier alpha value is -2.15. The van der Waals surface area contributed by atoms with Gasteiger partial charge < -0.3 is 16.4 Å². The number of nitrogens with one attached hydrogen (secondary N) is 2. The zero-order valence-electron chi connectivity index (χ0n) is 12.0. The van der Waals surface area contributed by atoms with E-state index in [9.17, 15) is 9.59 Å². The van der Waals surface area contributed by atoms with Gasteiger partial charge in [0.25, 0.3) is 5.91 Å². The third kappa shape index (κ3) is 3.69. The van der Waals surface area contributed by atoms with E-state index in [1.54, 1.807) is 12.3 Å². The Morgan fingerprint density at radius 1 is 1.38 bits per heavy atom. The van der Waals surface area contributed by atoms with E-state index in [1.807, 2.05) is 19.9 Å². The first-order chi connectivity index (χ1) is 9.99. The zero-order chi connectivity index (χ0) is 15.4. The summed E-state index contributed by atoms with van der Waals surface area (Å²) in [6, 6.07) is 3.65. The van der Waals surface area contributed by atoms with E-state index in [2.05, 4.69) is 15.6 Å². The maximum atomic E-state index is 12.1. The van der Waals surface area contributed by atoms with Crippen molar-refractivity contribution in [3.63, 3.8) is 0 Å². The molecule has 0 aromatic carbocycles. The number of nitrogens with zero attached hydrogens (tertiary/aromatic N) is 1. The van der Waals surface area contributed by atoms with Crippen LogP contribution in [0.2, 0.25) is 0 Å². The first-order valence-corrected chi connectivity index (χ1v) is 7.48. The van der Waals surface area contributed by atoms with Crippen LogP contribution in [-0.4, -0.2) is 29.9 Å². The van der Waals surface area contributed by atoms with Crippen molar-refractivity contribution in [3.05, 3.63) is 23.2 Å². The minimum Gasteiger partial charge on any atom is -0.396 e. The van der Waals surface area contributed by atoms with Gasteiger partial charge in [-0.15, -0.1) is 11.3 Å². The number of fused-ring (bicyclic) bond motifs is 1. The average molecular weight is 306 g/mol. The molecule has 6 nitrogen and oxygen atoms in total. The summed E-state index contributed by atoms with van der Waals surface area (Å²) in [5, 5.41) is 5.31. The minimum atomic E-state index is -0.352. The molecule has 2 heterocycles. The summed E-state index contributed by atoms with van der Waals surface area (Å²) in [4.78, 5) is 28.2. The zero-order valence-corrected chi connectivity index (χ0v) is 12.8. The van der Waals surface area contributed by atoms with Crippen molar-refractivity contribution in [2.24, 2.45) is 5.92 Å². The van der Waals surface area contributed by atoms with Crippen molar-refractivity contribution in [1.82, 2.24) is 15.6 Å². The van der Waals surface area contributed by atoms with Gasteiger partial charge in [-0.3, -0.25) is 14.6 Å². The van der Waals surface area contributed by atoms with E-state index in [4.69, 9.17) is 5.73 Å². The molecule has 0 aliphatic rings. The molecule has 0 aliphatic carbocycles. The van der Waals surface area contributed by atoms with Crippen molar-refractivity contribution in [3.8, 4) is 0 Å². The molecule has 2 aromatic rings. The average Bonchev–Trinajstić information content (AvgIpc) is 2.80. The summed E-state index contributed by atoms with van der Waals surface area (Å²) in [5.74, 6) is -0.195. The van der Waals surface area contributed by atoms with Gasteiger partial charge in [-0.2, -0.15) is 0 Å². The Morgan fingerprint density at radius 3 is 2.81 bits per heavy atom. The summed E-state index contributed by atoms with van der Waals surface area (Å²) in [7, 11) is 0. The van der Waals surface area contributed by atoms with Crippen molar-refractivity contribution in [2.45, 2.75) is 13.8 Å². The van der Waals surface area contributed by atoms with E-state index in [0.717, 1.165) is 4.70 Å². The van der Waals surface area contributed by atoms with E-state index in [-0.39, 0.29) is 18.4 Å². The van der Waals surface area contributed by atoms with Gasteiger partial charge in [-0.1, -0.05) is 13.8 Å². The van der Waals surface area contributed by atoms with Crippen LogP contribution in [-0.2, 0) is 4.79 Å². The predicted octanol–water partition coefficient (Wildman–Crippen LogP) is 1.38. The molecule has 2 rings (SSSR count). The number of aromatic nitrogens is 1. The summed E-state index contributed by atoms with van der Waals surface area (Å²) < 4.78 is 0.851. The highest BCUT2D eigenvalue weighted by molar-refractivity contribution is 7.21. The van der Waals surface area contributed by atoms with Crippen molar-refractivity contribution in [2.75, 3.05) is 18.8 Å². The van der Waals surface area contributed by atoms with Crippen LogP contribution in [0.1, 0.15) is 23.5 Å². The van der Waals surface area contributed by atoms with Gasteiger partial charge in [0, 0.05) is 12.7 Å². The van der Waals surface area contributed by atoms with Crippen LogP contribution in [0.15, 0.2) is 18.3 Å². The van der Waals surface area contributed by atoms with E-state index < -0.39 is 0 Å². The molecule has 112 valence electrons. The standard InChI is InChI=1S/C14H18N4O2S/c1-8(2)6-17-10(19)7-18-14(20)13-11(15)12-9(21-13)4-3-5-16-12/h3-5,8H,6-7,15H2,1-2H3,(H,17,19)(H,18,20). The lowest BCUT2D eigenvalue weighted by Gasteiger charge is -2.08. The highest BCUT2D eigenvalue weighted by Crippen LogP contribution is 2.31. The SMILES string of the molecule is CC(C)CNC(=O)CNC(=O)c1sc2cccnc2c1N. The molecule has 0 bridgehead atoms. The van der Waals surface area contributed by atoms with Gasteiger partial charge in [0.1, 0.15) is 10.4 Å². The molecule has 2 amide bonds. The van der Waals surface area contributed by atoms with E-state index in [1.165, 1.54) is 11.3 Å². The molecule has 0 unspecified atom stereocenters. The molecule has 0 saturated heterocycles. The van der Waals surface area contributed by atoms with Crippen molar-refractivity contribution < 1.29 is 9.59 Å². The lowest BCUT2D eigenvalue weighted by Crippen LogP contribution is -2.38. The number of hydrogen-bond acceptors (Lipinski definition) is 5. The number of pyridine rings is 1. The molecule has 0 radical (unpaired) electrons. The second-order valence-electron chi connectivity index (χ2n) is 5.08. The normalized spacial score (nSPS) is 10.8. The van der Waals surface area contributed by atoms with Gasteiger partial charge in [-0.05, 0) is 18.1 Å². The number of carbonyl (C=O) groups is 2. The maximum Gasteiger partial charge on any atom is 0.264 e. The van der Waals surface area contributed by atoms with Crippen LogP contribution in [0.25, 0.3) is 10.2 Å². The largest absolute Gasteiger partial charge is 0.396 e. The molecule has 0 atom stereocenters. The molecular formula is C14H18N4O2S. The van der Waals surface area contributed by atoms with Gasteiger partial charge in [0.05, 0.1) is 16.9 Å². The van der Waals surface area contributed by atoms with E-state index in [0.29, 0.717) is 28.5 Å². The fourth-order valence-corrected chi connectivity index (χ4v) is 2.73. The quantitative estimate of drug-likeness (QED) is 0.777. The highest BCUT2D eigenvalue weighted by atomic mass is 32.1. The number of nitrogen functional groups attached to an aromatic ring is 1. The number of carbonyl (C=O) groups excluding carboxylic acids is 2. The third-order valence-corrected chi connectivity index (χ3v) is 3.96. The number of hydrogen-bond donors (Lipinski definition) is 3. The molecule has 21 heavy (non-hydrogen) atoms. The lowest BCUT2D eigenvalue weighted by atomic mass is 10.2. The Labute approximate surface area is 126 Å². The molecule has 0 fully saturated rings. The number of anilines is 1. The second kappa shape index (κ2) is 6.53. The van der Waals surface area contributed by atoms with Gasteiger partial charge in [0.15, 0.2) is 0 Å². The monoisotopic (exact) mass is 306 g/mol. The highest BCUT2D eigenvalue weighted by Gasteiger charge is 2.17. The molecule has 7 heteroatoms. The summed E-state index contributed by atoms with van der Waals surface area (Å²) in [5.41, 5.74) is 6.91. The molecule has 0 spiro atoms. The number of amides is 2. The van der Waals surface area contributed by atoms with Crippen LogP contribution < -0.4 is 16.4 Å². The third-order valence-electron chi connectivity index (χ3n) is 2.81. The summed E-state index contributed by atoms with van der Waals surface area (Å²) >= 11 is 1.27. The molecule has 4 N–H and O–H groups in total. The number of thiophene rings is 1. The topological polar surface area (TPSA) is 97.1 Å². The van der Waals surface area contributed by atoms with Crippen LogP contribution in [0.3, 0.4) is 0 Å². The molecule has 2 aromatic heterocycles. The lowest BCUT2D eigenvalue weighted by molar-refractivity contribution is -0.120. The van der Waals surface area contributed by atoms with Gasteiger partial charge >= 0.3 is 0 Å². The summed E-state index contributed by atoms with van der Waals surface area (Å²) in [6.45, 7) is 4.53. The van der Waals surface area contributed by atoms with Crippen molar-refractivity contribution in [1.29, 1.82) is 0 Å². The minimum absolute atomic E-state index is 0.0628. The molecular weight excluding hydrogens is 288 g/mol. The molecule has 0 aliphatic heterocycles. The van der Waals surface area contributed by atoms with Crippen LogP contribution in [0.4, 0.5) is 5.69 Å². The predicted molar refractivity (Wildman–Crippen MR) is 84.2 cm³/mol. The van der Waals surface area contributed by atoms with E-state index >= 15 is 0 Å². The fourth-order valence-electron chi connectivity index (χ4n) is 1.74. The Kier molecular flexibility index (Phi) is 4.74. The van der Waals surface area contributed by atoms with Gasteiger partial charge in [-0.25, -0.2) is 0 Å². The van der Waals surface area contributed by atoms with Crippen LogP contribution >= 0.6 is 11.3 Å². The summed E-state index contributed by atoms with van der Waals surface area (Å²) in [6.07, 6.45) is 1.63. The van der Waals surface area contributed by atoms with Crippen LogP contribution in [0.5, 0.6) is 0 Å². The Morgan fingerprint density at radius 2 is 2.14 bits per heavy atom. The van der Waals surface area contributed by atoms with Crippen molar-refractivity contribution >= 4 is 39.1 Å². The Bertz CT molecular complexity index is 666. The number of nitrogens with two attached hydrogens (primary N) is 1. The second-order valence-corrected chi connectivity index (χ2v) is 6.13. The molecule has 0 saturated carbocycles. The fraction of sp³-hybridized carbons (Fsp3) is 0.357.